The van der Waals surface area contributed by atoms with Crippen LogP contribution in [0.2, 0.25) is 0 Å². The van der Waals surface area contributed by atoms with Gasteiger partial charge in [-0.1, -0.05) is 0 Å². The van der Waals surface area contributed by atoms with E-state index in [0.29, 0.717) is 4.90 Å². The molecule has 0 aromatic carbocycles. The molecule has 0 bridgehead atoms. The fraction of sp³-hybridized carbons (Fsp3) is 0.545. The Labute approximate surface area is 99.4 Å². The zero-order valence-corrected chi connectivity index (χ0v) is 10.1. The molecule has 0 atom stereocenters. The lowest BCUT2D eigenvalue weighted by Crippen LogP contribution is -2.41. The number of carbonyl (C=O) groups is 3. The molecule has 0 aromatic rings. The first-order chi connectivity index (χ1) is 7.76. The lowest BCUT2D eigenvalue weighted by atomic mass is 10.2. The molecule has 0 unspecified atom stereocenters. The van der Waals surface area contributed by atoms with E-state index >= 15 is 0 Å². The predicted octanol–water partition coefficient (Wildman–Crippen LogP) is 0.566. The van der Waals surface area contributed by atoms with Crippen molar-refractivity contribution in [2.75, 3.05) is 6.54 Å². The number of hydrogen-bond donors (Lipinski definition) is 1. The third-order valence-electron chi connectivity index (χ3n) is 1.99. The van der Waals surface area contributed by atoms with E-state index < -0.39 is 23.5 Å². The molecule has 0 fully saturated rings. The van der Waals surface area contributed by atoms with Crippen LogP contribution in [0.5, 0.6) is 0 Å². The highest BCUT2D eigenvalue weighted by Crippen LogP contribution is 2.19. The largest absolute Gasteiger partial charge is 0.443 e. The maximum atomic E-state index is 11.7. The Kier molecular flexibility index (Phi) is 3.67. The molecule has 1 heterocycles. The van der Waals surface area contributed by atoms with E-state index in [4.69, 9.17) is 10.5 Å². The predicted molar refractivity (Wildman–Crippen MR) is 59.8 cm³/mol. The van der Waals surface area contributed by atoms with Crippen molar-refractivity contribution in [1.29, 1.82) is 0 Å². The highest BCUT2D eigenvalue weighted by molar-refractivity contribution is 6.23. The molecule has 0 aromatic heterocycles. The summed E-state index contributed by atoms with van der Waals surface area (Å²) in [5.41, 5.74) is 4.78. The van der Waals surface area contributed by atoms with Crippen molar-refractivity contribution in [2.45, 2.75) is 32.8 Å². The van der Waals surface area contributed by atoms with Crippen molar-refractivity contribution >= 4 is 17.9 Å². The van der Waals surface area contributed by atoms with Crippen LogP contribution < -0.4 is 5.73 Å². The van der Waals surface area contributed by atoms with E-state index in [1.165, 1.54) is 0 Å². The van der Waals surface area contributed by atoms with Crippen LogP contribution in [0.25, 0.3) is 0 Å². The molecule has 0 aliphatic carbocycles. The molecule has 0 radical (unpaired) electrons. The van der Waals surface area contributed by atoms with E-state index in [9.17, 15) is 14.4 Å². The van der Waals surface area contributed by atoms with Gasteiger partial charge >= 0.3 is 6.09 Å². The third kappa shape index (κ3) is 3.13. The van der Waals surface area contributed by atoms with Crippen molar-refractivity contribution in [3.8, 4) is 0 Å². The normalized spacial score (nSPS) is 16.2. The van der Waals surface area contributed by atoms with Crippen LogP contribution in [-0.2, 0) is 14.3 Å². The number of nitrogens with zero attached hydrogens (tertiary/aromatic N) is 1. The second kappa shape index (κ2) is 4.67. The lowest BCUT2D eigenvalue weighted by Gasteiger charge is -2.22. The van der Waals surface area contributed by atoms with Crippen LogP contribution in [0.1, 0.15) is 27.2 Å². The highest BCUT2D eigenvalue weighted by atomic mass is 16.6. The molecule has 1 aliphatic rings. The monoisotopic (exact) mass is 240 g/mol. The molecule has 2 N–H and O–H groups in total. The topological polar surface area (TPSA) is 89.7 Å². The second-order valence-electron chi connectivity index (χ2n) is 4.67. The summed E-state index contributed by atoms with van der Waals surface area (Å²) in [7, 11) is 0. The first-order valence-electron chi connectivity index (χ1n) is 5.28. The number of hydrogen-bond acceptors (Lipinski definition) is 5. The Morgan fingerprint density at radius 3 is 2.47 bits per heavy atom. The van der Waals surface area contributed by atoms with E-state index in [1.54, 1.807) is 20.8 Å². The van der Waals surface area contributed by atoms with Crippen molar-refractivity contribution in [1.82, 2.24) is 4.90 Å². The van der Waals surface area contributed by atoms with E-state index in [1.807, 2.05) is 0 Å². The highest BCUT2D eigenvalue weighted by Gasteiger charge is 2.38. The van der Waals surface area contributed by atoms with Crippen molar-refractivity contribution in [3.63, 3.8) is 0 Å². The number of ether oxygens (including phenoxy) is 1. The smallest absolute Gasteiger partial charge is 0.424 e. The van der Waals surface area contributed by atoms with E-state index in [-0.39, 0.29) is 18.5 Å². The van der Waals surface area contributed by atoms with Gasteiger partial charge < -0.3 is 10.5 Å². The molecule has 0 saturated heterocycles. The minimum Gasteiger partial charge on any atom is -0.443 e. The van der Waals surface area contributed by atoms with Crippen molar-refractivity contribution in [2.24, 2.45) is 5.73 Å². The molecule has 6 nitrogen and oxygen atoms in total. The molecule has 3 amide bonds. The van der Waals surface area contributed by atoms with Crippen LogP contribution in [0.15, 0.2) is 11.6 Å². The first kappa shape index (κ1) is 13.4. The van der Waals surface area contributed by atoms with E-state index in [0.717, 1.165) is 6.08 Å². The van der Waals surface area contributed by atoms with Gasteiger partial charge in [-0.15, -0.1) is 0 Å². The molecule has 0 spiro atoms. The van der Waals surface area contributed by atoms with Gasteiger partial charge in [-0.3, -0.25) is 9.59 Å². The van der Waals surface area contributed by atoms with Gasteiger partial charge in [0, 0.05) is 11.6 Å². The number of amides is 3. The molecular weight excluding hydrogens is 224 g/mol. The number of nitrogens with two attached hydrogens (primary N) is 1. The average molecular weight is 240 g/mol. The second-order valence-corrected chi connectivity index (χ2v) is 4.67. The van der Waals surface area contributed by atoms with Gasteiger partial charge in [-0.2, -0.15) is 4.90 Å². The standard InChI is InChI=1S/C11H16N2O4/c1-11(2,3)17-10(16)13-8(14)6-7(4-5-12)9(13)15/h6H,4-5,12H2,1-3H3. The minimum absolute atomic E-state index is 0.239. The summed E-state index contributed by atoms with van der Waals surface area (Å²) in [6.45, 7) is 5.21. The molecule has 0 saturated carbocycles. The number of carbonyl (C=O) groups excluding carboxylic acids is 3. The molecule has 94 valence electrons. The van der Waals surface area contributed by atoms with E-state index in [2.05, 4.69) is 0 Å². The van der Waals surface area contributed by atoms with Gasteiger partial charge in [0.05, 0.1) is 0 Å². The van der Waals surface area contributed by atoms with Gasteiger partial charge in [0.2, 0.25) is 0 Å². The fourth-order valence-corrected chi connectivity index (χ4v) is 1.33. The van der Waals surface area contributed by atoms with Crippen LogP contribution in [0.4, 0.5) is 4.79 Å². The summed E-state index contributed by atoms with van der Waals surface area (Å²) in [6.07, 6.45) is 0.443. The summed E-state index contributed by atoms with van der Waals surface area (Å²) in [5.74, 6) is -1.32. The molecule has 17 heavy (non-hydrogen) atoms. The first-order valence-corrected chi connectivity index (χ1v) is 5.28. The minimum atomic E-state index is -0.948. The van der Waals surface area contributed by atoms with Crippen LogP contribution in [0, 0.1) is 0 Å². The maximum absolute atomic E-state index is 11.7. The maximum Gasteiger partial charge on any atom is 0.424 e. The Hall–Kier alpha value is -1.69. The van der Waals surface area contributed by atoms with Crippen LogP contribution >= 0.6 is 0 Å². The van der Waals surface area contributed by atoms with Crippen molar-refractivity contribution in [3.05, 3.63) is 11.6 Å². The SMILES string of the molecule is CC(C)(C)OC(=O)N1C(=O)C=C(CCN)C1=O. The lowest BCUT2D eigenvalue weighted by molar-refractivity contribution is -0.135. The summed E-state index contributed by atoms with van der Waals surface area (Å²) in [5, 5.41) is 0. The Morgan fingerprint density at radius 2 is 2.00 bits per heavy atom. The summed E-state index contributed by atoms with van der Waals surface area (Å²) in [6, 6.07) is 0. The summed E-state index contributed by atoms with van der Waals surface area (Å²) in [4.78, 5) is 35.3. The molecule has 1 aliphatic heterocycles. The van der Waals surface area contributed by atoms with Crippen molar-refractivity contribution < 1.29 is 19.1 Å². The summed E-state index contributed by atoms with van der Waals surface area (Å²) >= 11 is 0. The fourth-order valence-electron chi connectivity index (χ4n) is 1.33. The number of rotatable bonds is 2. The number of imide groups is 3. The van der Waals surface area contributed by atoms with Gasteiger partial charge in [-0.05, 0) is 33.7 Å². The van der Waals surface area contributed by atoms with Crippen LogP contribution in [-0.4, -0.2) is 35.0 Å². The third-order valence-corrected chi connectivity index (χ3v) is 1.99. The van der Waals surface area contributed by atoms with Gasteiger partial charge in [0.15, 0.2) is 0 Å². The summed E-state index contributed by atoms with van der Waals surface area (Å²) < 4.78 is 4.97. The van der Waals surface area contributed by atoms with Crippen LogP contribution in [0.3, 0.4) is 0 Å². The zero-order chi connectivity index (χ0) is 13.2. The molecule has 1 rings (SSSR count). The molecule has 6 heteroatoms. The van der Waals surface area contributed by atoms with Gasteiger partial charge in [0.1, 0.15) is 5.60 Å². The average Bonchev–Trinajstić information content (AvgIpc) is 2.39. The quantitative estimate of drug-likeness (QED) is 0.712. The Morgan fingerprint density at radius 1 is 1.41 bits per heavy atom. The Balaban J connectivity index is 2.79. The zero-order valence-electron chi connectivity index (χ0n) is 10.1. The molecular formula is C11H16N2O4. The van der Waals surface area contributed by atoms with Gasteiger partial charge in [-0.25, -0.2) is 4.79 Å². The Bertz CT molecular complexity index is 393. The van der Waals surface area contributed by atoms with Gasteiger partial charge in [0.25, 0.3) is 11.8 Å².